The van der Waals surface area contributed by atoms with Crippen molar-refractivity contribution in [3.05, 3.63) is 65.8 Å². The lowest BCUT2D eigenvalue weighted by Crippen LogP contribution is -1.95. The van der Waals surface area contributed by atoms with Crippen molar-refractivity contribution in [1.29, 1.82) is 0 Å². The fourth-order valence-corrected chi connectivity index (χ4v) is 1.91. The molecule has 0 bridgehead atoms. The lowest BCUT2D eigenvalue weighted by molar-refractivity contribution is 0.264. The van der Waals surface area contributed by atoms with Crippen LogP contribution in [0, 0.1) is 12.7 Å². The van der Waals surface area contributed by atoms with E-state index in [-0.39, 0.29) is 12.4 Å². The summed E-state index contributed by atoms with van der Waals surface area (Å²) < 4.78 is 23.8. The number of ether oxygens (including phenoxy) is 1. The van der Waals surface area contributed by atoms with Crippen LogP contribution >= 0.6 is 0 Å². The molecule has 3 rings (SSSR count). The van der Waals surface area contributed by atoms with Gasteiger partial charge >= 0.3 is 0 Å². The van der Waals surface area contributed by atoms with Gasteiger partial charge in [-0.05, 0) is 42.8 Å². The summed E-state index contributed by atoms with van der Waals surface area (Å²) >= 11 is 0. The summed E-state index contributed by atoms with van der Waals surface area (Å²) in [6, 6.07) is 13.5. The molecule has 0 saturated carbocycles. The average Bonchev–Trinajstić information content (AvgIpc) is 2.96. The van der Waals surface area contributed by atoms with Gasteiger partial charge in [0, 0.05) is 5.56 Å². The van der Waals surface area contributed by atoms with E-state index in [0.29, 0.717) is 17.5 Å². The quantitative estimate of drug-likeness (QED) is 0.732. The largest absolute Gasteiger partial charge is 0.484 e. The van der Waals surface area contributed by atoms with E-state index in [1.807, 2.05) is 31.2 Å². The summed E-state index contributed by atoms with van der Waals surface area (Å²) in [5, 5.41) is 7.97. The van der Waals surface area contributed by atoms with Crippen molar-refractivity contribution < 1.29 is 13.5 Å². The lowest BCUT2D eigenvalue weighted by atomic mass is 10.1. The van der Waals surface area contributed by atoms with Gasteiger partial charge in [-0.15, -0.1) is 10.2 Å². The van der Waals surface area contributed by atoms with Crippen LogP contribution in [0.4, 0.5) is 4.39 Å². The minimum atomic E-state index is -0.304. The predicted octanol–water partition coefficient (Wildman–Crippen LogP) is 3.76. The first-order chi connectivity index (χ1) is 10.2. The predicted molar refractivity (Wildman–Crippen MR) is 75.2 cm³/mol. The molecule has 5 heteroatoms. The van der Waals surface area contributed by atoms with E-state index in [9.17, 15) is 4.39 Å². The molecule has 3 aromatic rings. The van der Waals surface area contributed by atoms with Crippen molar-refractivity contribution in [1.82, 2.24) is 10.2 Å². The fourth-order valence-electron chi connectivity index (χ4n) is 1.91. The first-order valence-electron chi connectivity index (χ1n) is 6.49. The molecular formula is C16H13FN2O2. The van der Waals surface area contributed by atoms with Crippen molar-refractivity contribution in [2.75, 3.05) is 0 Å². The Bertz CT molecular complexity index is 738. The van der Waals surface area contributed by atoms with Crippen LogP contribution in [0.3, 0.4) is 0 Å². The Labute approximate surface area is 121 Å². The molecule has 0 fully saturated rings. The monoisotopic (exact) mass is 284 g/mol. The average molecular weight is 284 g/mol. The number of halogens is 1. The second-order valence-electron chi connectivity index (χ2n) is 4.56. The van der Waals surface area contributed by atoms with E-state index in [0.717, 1.165) is 11.1 Å². The highest BCUT2D eigenvalue weighted by atomic mass is 19.1. The van der Waals surface area contributed by atoms with Crippen LogP contribution in [-0.4, -0.2) is 10.2 Å². The first kappa shape index (κ1) is 13.3. The Balaban J connectivity index is 1.71. The van der Waals surface area contributed by atoms with Gasteiger partial charge in [0.1, 0.15) is 11.6 Å². The van der Waals surface area contributed by atoms with Crippen molar-refractivity contribution in [3.8, 4) is 17.2 Å². The van der Waals surface area contributed by atoms with Crippen LogP contribution in [-0.2, 0) is 6.61 Å². The number of aryl methyl sites for hydroxylation is 1. The molecule has 0 spiro atoms. The molecule has 1 aromatic heterocycles. The third-order valence-electron chi connectivity index (χ3n) is 3.02. The molecule has 21 heavy (non-hydrogen) atoms. The maximum atomic E-state index is 12.8. The molecule has 0 atom stereocenters. The van der Waals surface area contributed by atoms with Gasteiger partial charge in [-0.1, -0.05) is 18.2 Å². The van der Waals surface area contributed by atoms with Gasteiger partial charge in [-0.3, -0.25) is 0 Å². The van der Waals surface area contributed by atoms with E-state index in [4.69, 9.17) is 9.15 Å². The molecule has 0 aliphatic heterocycles. The van der Waals surface area contributed by atoms with Gasteiger partial charge in [0.25, 0.3) is 5.89 Å². The van der Waals surface area contributed by atoms with Crippen LogP contribution < -0.4 is 4.74 Å². The molecule has 1 heterocycles. The Morgan fingerprint density at radius 2 is 1.81 bits per heavy atom. The molecule has 0 amide bonds. The van der Waals surface area contributed by atoms with Crippen LogP contribution in [0.1, 0.15) is 11.5 Å². The van der Waals surface area contributed by atoms with Crippen LogP contribution in [0.15, 0.2) is 52.9 Å². The van der Waals surface area contributed by atoms with E-state index in [1.165, 1.54) is 12.1 Å². The molecule has 106 valence electrons. The van der Waals surface area contributed by atoms with Gasteiger partial charge in [0.2, 0.25) is 5.89 Å². The summed E-state index contributed by atoms with van der Waals surface area (Å²) in [4.78, 5) is 0. The van der Waals surface area contributed by atoms with Gasteiger partial charge in [-0.2, -0.15) is 0 Å². The fraction of sp³-hybridized carbons (Fsp3) is 0.125. The van der Waals surface area contributed by atoms with Crippen LogP contribution in [0.25, 0.3) is 11.5 Å². The standard InChI is InChI=1S/C16H13FN2O2/c1-11-4-2-3-5-14(11)16-19-18-15(21-16)10-20-13-8-6-12(17)7-9-13/h2-9H,10H2,1H3. The van der Waals surface area contributed by atoms with Crippen molar-refractivity contribution in [3.63, 3.8) is 0 Å². The summed E-state index contributed by atoms with van der Waals surface area (Å²) in [6.45, 7) is 2.12. The van der Waals surface area contributed by atoms with Crippen LogP contribution in [0.5, 0.6) is 5.75 Å². The van der Waals surface area contributed by atoms with Gasteiger partial charge in [0.15, 0.2) is 6.61 Å². The zero-order chi connectivity index (χ0) is 14.7. The van der Waals surface area contributed by atoms with Gasteiger partial charge < -0.3 is 9.15 Å². The molecular weight excluding hydrogens is 271 g/mol. The zero-order valence-electron chi connectivity index (χ0n) is 11.4. The molecule has 0 aliphatic carbocycles. The number of rotatable bonds is 4. The highest BCUT2D eigenvalue weighted by Crippen LogP contribution is 2.22. The number of aromatic nitrogens is 2. The third kappa shape index (κ3) is 3.08. The van der Waals surface area contributed by atoms with Gasteiger partial charge in [0.05, 0.1) is 0 Å². The van der Waals surface area contributed by atoms with E-state index in [2.05, 4.69) is 10.2 Å². The minimum Gasteiger partial charge on any atom is -0.484 e. The number of hydrogen-bond donors (Lipinski definition) is 0. The smallest absolute Gasteiger partial charge is 0.254 e. The van der Waals surface area contributed by atoms with Crippen LogP contribution in [0.2, 0.25) is 0 Å². The third-order valence-corrected chi connectivity index (χ3v) is 3.02. The number of hydrogen-bond acceptors (Lipinski definition) is 4. The topological polar surface area (TPSA) is 48.2 Å². The second-order valence-corrected chi connectivity index (χ2v) is 4.56. The molecule has 0 radical (unpaired) electrons. The number of benzene rings is 2. The van der Waals surface area contributed by atoms with Crippen molar-refractivity contribution in [2.45, 2.75) is 13.5 Å². The SMILES string of the molecule is Cc1ccccc1-c1nnc(COc2ccc(F)cc2)o1. The molecule has 0 saturated heterocycles. The van der Waals surface area contributed by atoms with Crippen molar-refractivity contribution >= 4 is 0 Å². The molecule has 0 unspecified atom stereocenters. The normalized spacial score (nSPS) is 10.6. The first-order valence-corrected chi connectivity index (χ1v) is 6.49. The summed E-state index contributed by atoms with van der Waals surface area (Å²) in [6.07, 6.45) is 0. The number of nitrogens with zero attached hydrogens (tertiary/aromatic N) is 2. The van der Waals surface area contributed by atoms with E-state index >= 15 is 0 Å². The van der Waals surface area contributed by atoms with E-state index in [1.54, 1.807) is 12.1 Å². The Morgan fingerprint density at radius 3 is 2.57 bits per heavy atom. The molecule has 0 aliphatic rings. The van der Waals surface area contributed by atoms with E-state index < -0.39 is 0 Å². The molecule has 4 nitrogen and oxygen atoms in total. The highest BCUT2D eigenvalue weighted by molar-refractivity contribution is 5.57. The Hall–Kier alpha value is -2.69. The lowest BCUT2D eigenvalue weighted by Gasteiger charge is -2.02. The zero-order valence-corrected chi connectivity index (χ0v) is 11.4. The summed E-state index contributed by atoms with van der Waals surface area (Å²) in [5.41, 5.74) is 1.96. The second kappa shape index (κ2) is 5.75. The molecule has 2 aromatic carbocycles. The molecule has 0 N–H and O–H groups in total. The Kier molecular flexibility index (Phi) is 3.64. The maximum absolute atomic E-state index is 12.8. The Morgan fingerprint density at radius 1 is 1.05 bits per heavy atom. The highest BCUT2D eigenvalue weighted by Gasteiger charge is 2.10. The van der Waals surface area contributed by atoms with Gasteiger partial charge in [-0.25, -0.2) is 4.39 Å². The summed E-state index contributed by atoms with van der Waals surface area (Å²) in [5.74, 6) is 1.08. The minimum absolute atomic E-state index is 0.143. The maximum Gasteiger partial charge on any atom is 0.254 e. The summed E-state index contributed by atoms with van der Waals surface area (Å²) in [7, 11) is 0. The van der Waals surface area contributed by atoms with Crippen molar-refractivity contribution in [2.24, 2.45) is 0 Å².